The number of fused-ring (bicyclic) bond motifs is 1. The Labute approximate surface area is 93.5 Å². The lowest BCUT2D eigenvalue weighted by Gasteiger charge is -2.02. The molecule has 0 fully saturated rings. The molecule has 2 aromatic rings. The van der Waals surface area contributed by atoms with E-state index in [1.165, 1.54) is 6.07 Å². The predicted molar refractivity (Wildman–Crippen MR) is 52.2 cm³/mol. The standard InChI is InChI=1S/C8H7N3O6/c12-3-4-16-6-2-1-5(10(13)14)7-8(6)11(15)17-9-7/h1-2,12H,3-4H2. The van der Waals surface area contributed by atoms with Crippen molar-refractivity contribution in [1.29, 1.82) is 0 Å². The maximum Gasteiger partial charge on any atom is 0.329 e. The molecule has 0 aliphatic rings. The minimum Gasteiger partial charge on any atom is -0.486 e. The molecule has 0 saturated heterocycles. The van der Waals surface area contributed by atoms with E-state index in [-0.39, 0.29) is 40.6 Å². The first kappa shape index (κ1) is 11.1. The monoisotopic (exact) mass is 241 g/mol. The molecule has 9 nitrogen and oxygen atoms in total. The van der Waals surface area contributed by atoms with Crippen LogP contribution < -0.4 is 9.64 Å². The number of aliphatic hydroxyl groups is 1. The molecule has 90 valence electrons. The van der Waals surface area contributed by atoms with Crippen LogP contribution in [0.25, 0.3) is 11.0 Å². The molecule has 9 heteroatoms. The van der Waals surface area contributed by atoms with E-state index in [4.69, 9.17) is 9.84 Å². The molecule has 1 aromatic heterocycles. The fourth-order valence-corrected chi connectivity index (χ4v) is 1.36. The zero-order valence-corrected chi connectivity index (χ0v) is 8.40. The van der Waals surface area contributed by atoms with Crippen molar-refractivity contribution in [3.8, 4) is 5.75 Å². The van der Waals surface area contributed by atoms with E-state index in [1.807, 2.05) is 0 Å². The Balaban J connectivity index is 2.60. The van der Waals surface area contributed by atoms with Gasteiger partial charge < -0.3 is 15.1 Å². The molecule has 0 unspecified atom stereocenters. The van der Waals surface area contributed by atoms with E-state index in [0.29, 0.717) is 0 Å². The lowest BCUT2D eigenvalue weighted by molar-refractivity contribution is -0.782. The molecule has 0 spiro atoms. The summed E-state index contributed by atoms with van der Waals surface area (Å²) in [5.74, 6) is 0.0656. The smallest absolute Gasteiger partial charge is 0.329 e. The van der Waals surface area contributed by atoms with Crippen molar-refractivity contribution in [3.05, 3.63) is 27.5 Å². The van der Waals surface area contributed by atoms with Crippen LogP contribution in [-0.4, -0.2) is 28.4 Å². The third-order valence-electron chi connectivity index (χ3n) is 2.03. The number of rotatable bonds is 4. The average Bonchev–Trinajstić information content (AvgIpc) is 2.69. The highest BCUT2D eigenvalue weighted by molar-refractivity contribution is 5.86. The highest BCUT2D eigenvalue weighted by atomic mass is 16.8. The van der Waals surface area contributed by atoms with E-state index in [2.05, 4.69) is 9.79 Å². The summed E-state index contributed by atoms with van der Waals surface area (Å²) in [7, 11) is 0. The molecule has 1 heterocycles. The first-order chi connectivity index (χ1) is 8.15. The Morgan fingerprint density at radius 2 is 2.35 bits per heavy atom. The molecule has 2 rings (SSSR count). The summed E-state index contributed by atoms with van der Waals surface area (Å²) < 4.78 is 9.34. The zero-order valence-electron chi connectivity index (χ0n) is 8.40. The van der Waals surface area contributed by atoms with Crippen LogP contribution in [0, 0.1) is 15.3 Å². The fourth-order valence-electron chi connectivity index (χ4n) is 1.36. The van der Waals surface area contributed by atoms with Crippen LogP contribution in [0.5, 0.6) is 5.75 Å². The third kappa shape index (κ3) is 1.83. The summed E-state index contributed by atoms with van der Waals surface area (Å²) in [6, 6.07) is 2.40. The largest absolute Gasteiger partial charge is 0.486 e. The summed E-state index contributed by atoms with van der Waals surface area (Å²) in [6.45, 7) is -0.291. The average molecular weight is 241 g/mol. The summed E-state index contributed by atoms with van der Waals surface area (Å²) in [5.41, 5.74) is -0.720. The van der Waals surface area contributed by atoms with E-state index < -0.39 is 4.92 Å². The topological polar surface area (TPSA) is 126 Å². The van der Waals surface area contributed by atoms with Gasteiger partial charge in [-0.2, -0.15) is 0 Å². The molecule has 0 radical (unpaired) electrons. The summed E-state index contributed by atoms with van der Waals surface area (Å²) in [4.78, 5) is 10.0. The summed E-state index contributed by atoms with van der Waals surface area (Å²) in [5, 5.41) is 33.8. The van der Waals surface area contributed by atoms with Crippen molar-refractivity contribution in [2.24, 2.45) is 0 Å². The molecule has 0 aliphatic carbocycles. The van der Waals surface area contributed by atoms with Gasteiger partial charge in [0, 0.05) is 6.07 Å². The van der Waals surface area contributed by atoms with Crippen molar-refractivity contribution < 1.29 is 24.3 Å². The first-order valence-electron chi connectivity index (χ1n) is 4.55. The van der Waals surface area contributed by atoms with Gasteiger partial charge in [-0.1, -0.05) is 0 Å². The molecule has 0 bridgehead atoms. The maximum atomic E-state index is 11.3. The molecule has 17 heavy (non-hydrogen) atoms. The van der Waals surface area contributed by atoms with Crippen LogP contribution in [0.4, 0.5) is 5.69 Å². The molecule has 0 aliphatic heterocycles. The minimum absolute atomic E-state index is 0.0229. The molecule has 0 saturated carbocycles. The Kier molecular flexibility index (Phi) is 2.75. The van der Waals surface area contributed by atoms with Crippen molar-refractivity contribution in [2.75, 3.05) is 13.2 Å². The quantitative estimate of drug-likeness (QED) is 0.444. The Bertz CT molecular complexity index is 566. The van der Waals surface area contributed by atoms with Gasteiger partial charge in [0.05, 0.1) is 16.7 Å². The molecule has 1 aromatic carbocycles. The van der Waals surface area contributed by atoms with Gasteiger partial charge in [0.25, 0.3) is 5.52 Å². The molecular formula is C8H7N3O6. The second-order valence-electron chi connectivity index (χ2n) is 3.04. The molecular weight excluding hydrogens is 234 g/mol. The van der Waals surface area contributed by atoms with Crippen LogP contribution in [0.2, 0.25) is 0 Å². The Hall–Kier alpha value is -2.42. The van der Waals surface area contributed by atoms with E-state index in [9.17, 15) is 15.3 Å². The number of nitro benzene ring substituents is 1. The van der Waals surface area contributed by atoms with Gasteiger partial charge in [-0.25, -0.2) is 0 Å². The number of non-ortho nitro benzene ring substituents is 1. The maximum absolute atomic E-state index is 11.3. The highest BCUT2D eigenvalue weighted by Crippen LogP contribution is 2.29. The van der Waals surface area contributed by atoms with E-state index >= 15 is 0 Å². The van der Waals surface area contributed by atoms with E-state index in [1.54, 1.807) is 0 Å². The van der Waals surface area contributed by atoms with Crippen LogP contribution >= 0.6 is 0 Å². The number of aliphatic hydroxyl groups excluding tert-OH is 1. The first-order valence-corrected chi connectivity index (χ1v) is 4.55. The molecule has 0 atom stereocenters. The summed E-state index contributed by atoms with van der Waals surface area (Å²) in [6.07, 6.45) is 0. The summed E-state index contributed by atoms with van der Waals surface area (Å²) >= 11 is 0. The number of hydrogen-bond donors (Lipinski definition) is 1. The lowest BCUT2D eigenvalue weighted by atomic mass is 10.2. The molecule has 0 amide bonds. The number of benzene rings is 1. The zero-order chi connectivity index (χ0) is 12.4. The Morgan fingerprint density at radius 3 is 3.00 bits per heavy atom. The van der Waals surface area contributed by atoms with Crippen LogP contribution in [0.15, 0.2) is 16.8 Å². The second kappa shape index (κ2) is 4.22. The molecule has 1 N–H and O–H groups in total. The van der Waals surface area contributed by atoms with Gasteiger partial charge in [-0.15, -0.1) is 0 Å². The number of ether oxygens (including phenoxy) is 1. The van der Waals surface area contributed by atoms with Gasteiger partial charge in [-0.05, 0) is 11.0 Å². The number of aromatic nitrogens is 2. The Morgan fingerprint density at radius 1 is 1.59 bits per heavy atom. The van der Waals surface area contributed by atoms with Gasteiger partial charge in [0.1, 0.15) is 6.61 Å². The van der Waals surface area contributed by atoms with Gasteiger partial charge in [0.2, 0.25) is 0 Å². The van der Waals surface area contributed by atoms with Crippen molar-refractivity contribution in [1.82, 2.24) is 5.16 Å². The third-order valence-corrected chi connectivity index (χ3v) is 2.03. The van der Waals surface area contributed by atoms with Gasteiger partial charge >= 0.3 is 11.2 Å². The number of hydrogen-bond acceptors (Lipinski definition) is 7. The van der Waals surface area contributed by atoms with Crippen molar-refractivity contribution in [2.45, 2.75) is 0 Å². The van der Waals surface area contributed by atoms with Crippen molar-refractivity contribution in [3.63, 3.8) is 0 Å². The van der Waals surface area contributed by atoms with Crippen molar-refractivity contribution >= 4 is 16.7 Å². The SMILES string of the molecule is O=[N+]([O-])c1ccc(OCCO)c2c1no[n+]2[O-]. The van der Waals surface area contributed by atoms with Gasteiger partial charge in [-0.3, -0.25) is 14.7 Å². The fraction of sp³-hybridized carbons (Fsp3) is 0.250. The van der Waals surface area contributed by atoms with Crippen LogP contribution in [-0.2, 0) is 0 Å². The number of nitrogens with zero attached hydrogens (tertiary/aromatic N) is 3. The van der Waals surface area contributed by atoms with Crippen LogP contribution in [0.1, 0.15) is 0 Å². The van der Waals surface area contributed by atoms with Crippen LogP contribution in [0.3, 0.4) is 0 Å². The van der Waals surface area contributed by atoms with E-state index in [0.717, 1.165) is 6.07 Å². The van der Waals surface area contributed by atoms with Gasteiger partial charge in [0.15, 0.2) is 5.75 Å². The second-order valence-corrected chi connectivity index (χ2v) is 3.04. The highest BCUT2D eigenvalue weighted by Gasteiger charge is 2.26. The lowest BCUT2D eigenvalue weighted by Crippen LogP contribution is -2.23. The number of nitro groups is 1. The predicted octanol–water partition coefficient (Wildman–Crippen LogP) is -0.260. The normalized spacial score (nSPS) is 10.6. The minimum atomic E-state index is -0.680.